The number of nitrogens with zero attached hydrogens (tertiary/aromatic N) is 2. The summed E-state index contributed by atoms with van der Waals surface area (Å²) in [6.07, 6.45) is 0. The lowest BCUT2D eigenvalue weighted by atomic mass is 10.2. The minimum absolute atomic E-state index is 0.664. The van der Waals surface area contributed by atoms with Gasteiger partial charge in [-0.2, -0.15) is 4.98 Å². The number of morpholine rings is 1. The number of oxazole rings is 1. The average Bonchev–Trinajstić information content (AvgIpc) is 2.74. The average molecular weight is 233 g/mol. The van der Waals surface area contributed by atoms with E-state index in [-0.39, 0.29) is 0 Å². The highest BCUT2D eigenvalue weighted by molar-refractivity contribution is 5.81. The van der Waals surface area contributed by atoms with Gasteiger partial charge in [-0.1, -0.05) is 0 Å². The molecule has 5 nitrogen and oxygen atoms in total. The molecule has 0 saturated carbocycles. The fourth-order valence-corrected chi connectivity index (χ4v) is 2.10. The van der Waals surface area contributed by atoms with Crippen LogP contribution in [0.4, 0.5) is 11.7 Å². The summed E-state index contributed by atoms with van der Waals surface area (Å²) in [4.78, 5) is 6.62. The highest BCUT2D eigenvalue weighted by Crippen LogP contribution is 2.26. The first kappa shape index (κ1) is 10.4. The second-order valence-electron chi connectivity index (χ2n) is 4.28. The third-order valence-electron chi connectivity index (χ3n) is 2.98. The topological polar surface area (TPSA) is 64.5 Å². The maximum absolute atomic E-state index is 5.79. The number of ether oxygens (including phenoxy) is 1. The summed E-state index contributed by atoms with van der Waals surface area (Å²) in [7, 11) is 0. The van der Waals surface area contributed by atoms with Gasteiger partial charge in [-0.3, -0.25) is 0 Å². The van der Waals surface area contributed by atoms with Gasteiger partial charge in [0.05, 0.1) is 13.2 Å². The van der Waals surface area contributed by atoms with Gasteiger partial charge in [0.15, 0.2) is 5.58 Å². The van der Waals surface area contributed by atoms with Crippen LogP contribution in [0.5, 0.6) is 0 Å². The molecule has 3 rings (SSSR count). The summed E-state index contributed by atoms with van der Waals surface area (Å²) in [5.74, 6) is 0. The number of aromatic nitrogens is 1. The largest absolute Gasteiger partial charge is 0.423 e. The van der Waals surface area contributed by atoms with Gasteiger partial charge in [-0.15, -0.1) is 0 Å². The van der Waals surface area contributed by atoms with Crippen LogP contribution in [0.3, 0.4) is 0 Å². The molecule has 1 aliphatic heterocycles. The van der Waals surface area contributed by atoms with Crippen LogP contribution in [-0.4, -0.2) is 31.3 Å². The monoisotopic (exact) mass is 233 g/mol. The second-order valence-corrected chi connectivity index (χ2v) is 4.28. The molecule has 0 aliphatic carbocycles. The van der Waals surface area contributed by atoms with Crippen LogP contribution < -0.4 is 10.6 Å². The Kier molecular flexibility index (Phi) is 2.40. The fourth-order valence-electron chi connectivity index (χ4n) is 2.10. The molecule has 1 aliphatic rings. The third kappa shape index (κ3) is 1.82. The molecule has 1 aromatic heterocycles. The van der Waals surface area contributed by atoms with Gasteiger partial charge in [-0.25, -0.2) is 0 Å². The SMILES string of the molecule is Cc1cc(N)cc2oc(N3CCOCC3)nc12. The Morgan fingerprint density at radius 1 is 1.29 bits per heavy atom. The second kappa shape index (κ2) is 3.92. The molecule has 5 heteroatoms. The molecule has 0 atom stereocenters. The fraction of sp³-hybridized carbons (Fsp3) is 0.417. The highest BCUT2D eigenvalue weighted by Gasteiger charge is 2.17. The van der Waals surface area contributed by atoms with Crippen molar-refractivity contribution in [1.82, 2.24) is 4.98 Å². The van der Waals surface area contributed by atoms with E-state index in [4.69, 9.17) is 14.9 Å². The summed E-state index contributed by atoms with van der Waals surface area (Å²) >= 11 is 0. The third-order valence-corrected chi connectivity index (χ3v) is 2.98. The predicted molar refractivity (Wildman–Crippen MR) is 66.2 cm³/mol. The molecular weight excluding hydrogens is 218 g/mol. The molecule has 0 bridgehead atoms. The zero-order chi connectivity index (χ0) is 11.8. The van der Waals surface area contributed by atoms with Crippen LogP contribution in [0.1, 0.15) is 5.56 Å². The smallest absolute Gasteiger partial charge is 0.298 e. The van der Waals surface area contributed by atoms with Crippen LogP contribution in [0.15, 0.2) is 16.5 Å². The van der Waals surface area contributed by atoms with Crippen LogP contribution in [-0.2, 0) is 4.74 Å². The standard InChI is InChI=1S/C12H15N3O2/c1-8-6-9(13)7-10-11(8)14-12(17-10)15-2-4-16-5-3-15/h6-7H,2-5,13H2,1H3. The van der Waals surface area contributed by atoms with Crippen molar-refractivity contribution in [3.05, 3.63) is 17.7 Å². The first-order chi connectivity index (χ1) is 8.24. The summed E-state index contributed by atoms with van der Waals surface area (Å²) in [6.45, 7) is 5.08. The molecule has 0 unspecified atom stereocenters. The highest BCUT2D eigenvalue weighted by atomic mass is 16.5. The zero-order valence-corrected chi connectivity index (χ0v) is 9.77. The van der Waals surface area contributed by atoms with Crippen molar-refractivity contribution in [3.63, 3.8) is 0 Å². The quantitative estimate of drug-likeness (QED) is 0.757. The van der Waals surface area contributed by atoms with Gasteiger partial charge >= 0.3 is 0 Å². The van der Waals surface area contributed by atoms with E-state index in [9.17, 15) is 0 Å². The van der Waals surface area contributed by atoms with E-state index < -0.39 is 0 Å². The van der Waals surface area contributed by atoms with Crippen LogP contribution >= 0.6 is 0 Å². The number of rotatable bonds is 1. The van der Waals surface area contributed by atoms with E-state index in [0.29, 0.717) is 11.7 Å². The molecule has 0 radical (unpaired) electrons. The molecule has 0 spiro atoms. The van der Waals surface area contributed by atoms with Gasteiger partial charge in [-0.05, 0) is 18.6 Å². The van der Waals surface area contributed by atoms with Gasteiger partial charge < -0.3 is 19.8 Å². The maximum Gasteiger partial charge on any atom is 0.298 e. The molecule has 2 aromatic rings. The van der Waals surface area contributed by atoms with Crippen molar-refractivity contribution < 1.29 is 9.15 Å². The summed E-state index contributed by atoms with van der Waals surface area (Å²) in [5.41, 5.74) is 9.19. The van der Waals surface area contributed by atoms with Crippen molar-refractivity contribution in [2.24, 2.45) is 0 Å². The Hall–Kier alpha value is -1.75. The Balaban J connectivity index is 2.03. The number of hydrogen-bond acceptors (Lipinski definition) is 5. The molecule has 1 fully saturated rings. The summed E-state index contributed by atoms with van der Waals surface area (Å²) < 4.78 is 11.1. The first-order valence-electron chi connectivity index (χ1n) is 5.73. The normalized spacial score (nSPS) is 16.6. The lowest BCUT2D eigenvalue weighted by Gasteiger charge is -2.24. The Morgan fingerprint density at radius 3 is 2.82 bits per heavy atom. The molecule has 90 valence electrons. The van der Waals surface area contributed by atoms with Crippen LogP contribution in [0, 0.1) is 6.92 Å². The van der Waals surface area contributed by atoms with Gasteiger partial charge in [0.25, 0.3) is 6.01 Å². The van der Waals surface area contributed by atoms with Gasteiger partial charge in [0.1, 0.15) is 5.52 Å². The number of hydrogen-bond donors (Lipinski definition) is 1. The van der Waals surface area contributed by atoms with Gasteiger partial charge in [0, 0.05) is 24.8 Å². The van der Waals surface area contributed by atoms with E-state index in [1.807, 2.05) is 19.1 Å². The first-order valence-corrected chi connectivity index (χ1v) is 5.73. The maximum atomic E-state index is 5.79. The molecule has 2 N–H and O–H groups in total. The summed E-state index contributed by atoms with van der Waals surface area (Å²) in [5, 5.41) is 0. The minimum Gasteiger partial charge on any atom is -0.423 e. The number of nitrogens with two attached hydrogens (primary N) is 1. The molecule has 2 heterocycles. The van der Waals surface area contributed by atoms with Gasteiger partial charge in [0.2, 0.25) is 0 Å². The number of benzene rings is 1. The van der Waals surface area contributed by atoms with E-state index in [1.165, 1.54) is 0 Å². The molecule has 17 heavy (non-hydrogen) atoms. The molecule has 1 saturated heterocycles. The van der Waals surface area contributed by atoms with Crippen molar-refractivity contribution >= 4 is 22.8 Å². The molecular formula is C12H15N3O2. The Morgan fingerprint density at radius 2 is 2.06 bits per heavy atom. The predicted octanol–water partition coefficient (Wildman–Crippen LogP) is 1.56. The van der Waals surface area contributed by atoms with Crippen molar-refractivity contribution in [3.8, 4) is 0 Å². The van der Waals surface area contributed by atoms with Crippen LogP contribution in [0.25, 0.3) is 11.1 Å². The molecule has 1 aromatic carbocycles. The van der Waals surface area contributed by atoms with Crippen LogP contribution in [0.2, 0.25) is 0 Å². The lowest BCUT2D eigenvalue weighted by molar-refractivity contribution is 0.120. The number of nitrogen functional groups attached to an aromatic ring is 1. The number of fused-ring (bicyclic) bond motifs is 1. The molecule has 0 amide bonds. The van der Waals surface area contributed by atoms with Crippen molar-refractivity contribution in [1.29, 1.82) is 0 Å². The van der Waals surface area contributed by atoms with Crippen molar-refractivity contribution in [2.45, 2.75) is 6.92 Å². The Bertz CT molecular complexity index is 544. The minimum atomic E-state index is 0.664. The zero-order valence-electron chi connectivity index (χ0n) is 9.77. The number of anilines is 2. The van der Waals surface area contributed by atoms with E-state index in [1.54, 1.807) is 0 Å². The Labute approximate surface area is 99.2 Å². The van der Waals surface area contributed by atoms with E-state index in [0.717, 1.165) is 43.0 Å². The number of aryl methyl sites for hydroxylation is 1. The van der Waals surface area contributed by atoms with Crippen molar-refractivity contribution in [2.75, 3.05) is 36.9 Å². The summed E-state index contributed by atoms with van der Waals surface area (Å²) in [6, 6.07) is 4.39. The van der Waals surface area contributed by atoms with E-state index >= 15 is 0 Å². The lowest BCUT2D eigenvalue weighted by Crippen LogP contribution is -2.36. The van der Waals surface area contributed by atoms with E-state index in [2.05, 4.69) is 9.88 Å².